The number of carboxylic acids is 1. The van der Waals surface area contributed by atoms with Gasteiger partial charge in [-0.25, -0.2) is 4.79 Å². The molecule has 0 heterocycles. The van der Waals surface area contributed by atoms with Crippen LogP contribution in [-0.4, -0.2) is 45.7 Å². The maximum absolute atomic E-state index is 12.0. The van der Waals surface area contributed by atoms with Crippen LogP contribution >= 0.6 is 0 Å². The summed E-state index contributed by atoms with van der Waals surface area (Å²) in [7, 11) is 1.80. The Morgan fingerprint density at radius 1 is 0.403 bits per heavy atom. The van der Waals surface area contributed by atoms with Crippen LogP contribution in [0.3, 0.4) is 0 Å². The molecule has 19 heteroatoms. The van der Waals surface area contributed by atoms with E-state index in [4.69, 9.17) is 10.8 Å². The van der Waals surface area contributed by atoms with E-state index < -0.39 is 21.7 Å². The number of nitro groups is 2. The molecule has 0 atom stereocenters. The van der Waals surface area contributed by atoms with Crippen LogP contribution in [0.2, 0.25) is 0 Å². The van der Waals surface area contributed by atoms with E-state index in [1.165, 1.54) is 36.4 Å². The van der Waals surface area contributed by atoms with Crippen molar-refractivity contribution in [1.29, 1.82) is 0 Å². The van der Waals surface area contributed by atoms with E-state index in [2.05, 4.69) is 21.3 Å². The molecule has 0 saturated heterocycles. The molecule has 0 aliphatic rings. The smallest absolute Gasteiger partial charge is 0.342 e. The van der Waals surface area contributed by atoms with Crippen molar-refractivity contribution in [3.05, 3.63) is 253 Å². The Bertz CT molecular complexity index is 2640. The van der Waals surface area contributed by atoms with Gasteiger partial charge in [0.1, 0.15) is 11.1 Å². The summed E-state index contributed by atoms with van der Waals surface area (Å²) in [5, 5.41) is 40.8. The largest absolute Gasteiger partial charge is 0.477 e. The molecule has 0 aliphatic heterocycles. The van der Waals surface area contributed by atoms with Gasteiger partial charge in [0, 0.05) is 146 Å². The number of anilines is 5. The Hall–Kier alpha value is -5.87. The molecule has 0 bridgehead atoms. The molecule has 407 valence electrons. The second-order valence-corrected chi connectivity index (χ2v) is 12.7. The number of nitro benzene ring substituents is 2. The van der Waals surface area contributed by atoms with E-state index in [1.54, 1.807) is 67.7 Å². The van der Waals surface area contributed by atoms with Crippen molar-refractivity contribution >= 4 is 63.5 Å². The Morgan fingerprint density at radius 3 is 0.987 bits per heavy atom. The van der Waals surface area contributed by atoms with Gasteiger partial charge in [-0.2, -0.15) is 0 Å². The Morgan fingerprint density at radius 2 is 0.662 bits per heavy atom. The van der Waals surface area contributed by atoms with E-state index in [1.807, 2.05) is 140 Å². The molecule has 16 nitrogen and oxygen atoms in total. The quantitative estimate of drug-likeness (QED) is 0.0325. The van der Waals surface area contributed by atoms with Crippen molar-refractivity contribution in [2.24, 2.45) is 0 Å². The monoisotopic (exact) mass is 1280 g/mol. The number of hydrogen-bond acceptors (Lipinski definition) is 10. The van der Waals surface area contributed by atoms with Crippen LogP contribution < -0.4 is 27.0 Å². The van der Waals surface area contributed by atoms with Gasteiger partial charge in [-0.15, -0.1) is 0 Å². The number of hydrogen-bond donors (Lipinski definition) is 6. The molecule has 7 aromatic rings. The zero-order valence-corrected chi connectivity index (χ0v) is 54.8. The fraction of sp³-hybridized carbons (Fsp3) is 0.155. The number of carboxylic acid groups (broad SMARTS) is 1. The van der Waals surface area contributed by atoms with Crippen molar-refractivity contribution < 1.29 is 132 Å². The molecule has 0 unspecified atom stereocenters. The van der Waals surface area contributed by atoms with Gasteiger partial charge in [-0.1, -0.05) is 159 Å². The number of amides is 3. The first-order valence-electron chi connectivity index (χ1n) is 22.8. The summed E-state index contributed by atoms with van der Waals surface area (Å²) in [6.45, 7) is 16.0. The van der Waals surface area contributed by atoms with E-state index in [0.29, 0.717) is 22.5 Å². The van der Waals surface area contributed by atoms with Gasteiger partial charge >= 0.3 is 5.97 Å². The third-order valence-electron chi connectivity index (χ3n) is 8.42. The van der Waals surface area contributed by atoms with Gasteiger partial charge in [0.2, 0.25) is 0 Å². The normalized spacial score (nSPS) is 8.22. The third-order valence-corrected chi connectivity index (χ3v) is 8.42. The Kier molecular flexibility index (Phi) is 57.7. The number of aromatic carboxylic acids is 1. The van der Waals surface area contributed by atoms with Crippen LogP contribution in [0.4, 0.5) is 39.8 Å². The SMILES string of the molecule is CC.CC.CC.CC.CNc1ccccc1C(=O)Nc1ccccc1.Nc1ccccc1C(=O)Nc1ccccc1.O=C(Nc1ccccc1)c1ccccc1[N+](=O)[O-].O=C(O)c1ccccc1[N+](=O)[O-].[CH3-].[CH3-].[CH3-].[Y].[Y].[Y]. The average Bonchev–Trinajstić information content (AvgIpc) is 3.42. The number of nitrogens with two attached hydrogens (primary N) is 1. The van der Waals surface area contributed by atoms with Crippen LogP contribution in [-0.2, 0) is 98.1 Å². The van der Waals surface area contributed by atoms with Crippen LogP contribution in [0.25, 0.3) is 0 Å². The summed E-state index contributed by atoms with van der Waals surface area (Å²) in [6.07, 6.45) is 0. The van der Waals surface area contributed by atoms with Crippen molar-refractivity contribution in [2.75, 3.05) is 34.0 Å². The molecule has 77 heavy (non-hydrogen) atoms. The number of nitrogen functional groups attached to an aromatic ring is 1. The molecule has 0 fully saturated rings. The maximum atomic E-state index is 12.0. The molecule has 0 aromatic heterocycles. The summed E-state index contributed by atoms with van der Waals surface area (Å²) in [5.41, 5.74) is 9.47. The van der Waals surface area contributed by atoms with E-state index in [-0.39, 0.29) is 155 Å². The summed E-state index contributed by atoms with van der Waals surface area (Å²) < 4.78 is 0. The third kappa shape index (κ3) is 32.5. The molecule has 3 amide bonds. The summed E-state index contributed by atoms with van der Waals surface area (Å²) >= 11 is 0. The van der Waals surface area contributed by atoms with Crippen molar-refractivity contribution in [2.45, 2.75) is 55.4 Å². The minimum atomic E-state index is -1.29. The van der Waals surface area contributed by atoms with Gasteiger partial charge in [0.25, 0.3) is 29.1 Å². The van der Waals surface area contributed by atoms with Crippen LogP contribution in [0.1, 0.15) is 96.8 Å². The van der Waals surface area contributed by atoms with E-state index in [9.17, 15) is 39.4 Å². The standard InChI is InChI=1S/C14H14N2O.C13H10N2O3.C13H12N2O.C7H5NO4.4C2H6.3CH3.3Y/c1-15-13-10-6-5-9-12(13)14(17)16-11-7-3-2-4-8-11;16-13(14-10-6-2-1-3-7-10)11-8-4-5-9-12(11)15(17)18;14-12-9-5-4-8-11(12)13(16)15-10-6-2-1-3-7-10;9-7(10)5-3-1-2-4-6(5)8(11)12;4*1-2;;;;;;/h2-10,15H,1H3,(H,16,17);1-9H,(H,14,16);1-9H,14H2,(H,15,16);1-4H,(H,9,10);4*1-2H3;3*1H3;;;/q;;;;;;;;3*-1;;;. The fourth-order valence-electron chi connectivity index (χ4n) is 5.40. The van der Waals surface area contributed by atoms with Crippen molar-refractivity contribution in [1.82, 2.24) is 0 Å². The number of para-hydroxylation sites is 7. The van der Waals surface area contributed by atoms with Crippen LogP contribution in [0.15, 0.2) is 188 Å². The summed E-state index contributed by atoms with van der Waals surface area (Å²) in [6, 6.07) is 53.0. The minimum Gasteiger partial charge on any atom is -0.477 e. The molecule has 0 saturated carbocycles. The maximum Gasteiger partial charge on any atom is 0.342 e. The minimum absolute atomic E-state index is 0. The molecular weight excluding hydrogens is 1210 g/mol. The van der Waals surface area contributed by atoms with E-state index >= 15 is 0 Å². The Labute approximate surface area is 532 Å². The molecule has 0 aliphatic carbocycles. The van der Waals surface area contributed by atoms with Gasteiger partial charge in [0.05, 0.1) is 21.0 Å². The second-order valence-electron chi connectivity index (χ2n) is 12.7. The molecule has 7 N–H and O–H groups in total. The first-order chi connectivity index (χ1) is 34.4. The molecule has 7 aromatic carbocycles. The van der Waals surface area contributed by atoms with Gasteiger partial charge in [0.15, 0.2) is 0 Å². The Balaban J connectivity index is -0.000000159. The predicted octanol–water partition coefficient (Wildman–Crippen LogP) is 15.1. The summed E-state index contributed by atoms with van der Waals surface area (Å²) in [4.78, 5) is 66.0. The van der Waals surface area contributed by atoms with Crippen molar-refractivity contribution in [3.8, 4) is 0 Å². The number of carbonyl (C=O) groups excluding carboxylic acids is 3. The van der Waals surface area contributed by atoms with Gasteiger partial charge in [-0.3, -0.25) is 34.6 Å². The number of nitrogens with zero attached hydrogens (tertiary/aromatic N) is 2. The van der Waals surface area contributed by atoms with Gasteiger partial charge < -0.3 is 54.4 Å². The molecule has 3 radical (unpaired) electrons. The second kappa shape index (κ2) is 52.2. The van der Waals surface area contributed by atoms with Gasteiger partial charge in [-0.05, 0) is 72.8 Å². The predicted molar refractivity (Wildman–Crippen MR) is 308 cm³/mol. The van der Waals surface area contributed by atoms with Crippen LogP contribution in [0, 0.1) is 42.5 Å². The summed E-state index contributed by atoms with van der Waals surface area (Å²) in [5.74, 6) is -2.08. The molecule has 0 spiro atoms. The average molecular weight is 1280 g/mol. The molecule has 7 rings (SSSR count). The first kappa shape index (κ1) is 85.1. The zero-order valence-electron chi connectivity index (χ0n) is 46.3. The molecular formula is C58H74N7O9Y3-3. The number of carbonyl (C=O) groups is 4. The number of nitrogens with one attached hydrogen (secondary N) is 4. The first-order valence-corrected chi connectivity index (χ1v) is 22.8. The fourth-order valence-corrected chi connectivity index (χ4v) is 5.40. The van der Waals surface area contributed by atoms with Crippen molar-refractivity contribution in [3.63, 3.8) is 0 Å². The topological polar surface area (TPSA) is 249 Å². The number of rotatable bonds is 10. The van der Waals surface area contributed by atoms with Crippen LogP contribution in [0.5, 0.6) is 0 Å². The zero-order chi connectivity index (χ0) is 53.6. The van der Waals surface area contributed by atoms with E-state index in [0.717, 1.165) is 23.1 Å². The number of benzene rings is 7.